The van der Waals surface area contributed by atoms with Crippen LogP contribution in [0.2, 0.25) is 5.15 Å². The third kappa shape index (κ3) is 4.78. The van der Waals surface area contributed by atoms with Crippen LogP contribution < -0.4 is 5.32 Å². The zero-order valence-electron chi connectivity index (χ0n) is 11.1. The van der Waals surface area contributed by atoms with Crippen molar-refractivity contribution in [1.82, 2.24) is 9.97 Å². The van der Waals surface area contributed by atoms with Crippen LogP contribution >= 0.6 is 11.6 Å². The Morgan fingerprint density at radius 2 is 1.94 bits per heavy atom. The minimum atomic E-state index is 0.284. The Morgan fingerprint density at radius 3 is 2.61 bits per heavy atom. The van der Waals surface area contributed by atoms with Crippen LogP contribution in [-0.4, -0.2) is 28.2 Å². The molecule has 18 heavy (non-hydrogen) atoms. The van der Waals surface area contributed by atoms with E-state index < -0.39 is 0 Å². The van der Waals surface area contributed by atoms with Crippen LogP contribution in [0.25, 0.3) is 0 Å². The number of hydrogen-bond acceptors (Lipinski definition) is 4. The topological polar surface area (TPSA) is 58.0 Å². The predicted molar refractivity (Wildman–Crippen MR) is 75.2 cm³/mol. The van der Waals surface area contributed by atoms with E-state index in [2.05, 4.69) is 29.1 Å². The van der Waals surface area contributed by atoms with E-state index in [1.54, 1.807) is 0 Å². The van der Waals surface area contributed by atoms with Gasteiger partial charge in [-0.05, 0) is 18.8 Å². The quantitative estimate of drug-likeness (QED) is 0.563. The average Bonchev–Trinajstić information content (AvgIpc) is 2.33. The smallest absolute Gasteiger partial charge is 0.138 e. The summed E-state index contributed by atoms with van der Waals surface area (Å²) in [6, 6.07) is 0. The second-order valence-corrected chi connectivity index (χ2v) is 5.00. The molecular weight excluding hydrogens is 250 g/mol. The lowest BCUT2D eigenvalue weighted by molar-refractivity contribution is 0.283. The van der Waals surface area contributed by atoms with Crippen LogP contribution in [0, 0.1) is 0 Å². The zero-order chi connectivity index (χ0) is 13.4. The normalized spacial score (nSPS) is 10.9. The number of halogens is 1. The molecule has 0 unspecified atom stereocenters. The van der Waals surface area contributed by atoms with Crippen molar-refractivity contribution in [3.05, 3.63) is 17.0 Å². The van der Waals surface area contributed by atoms with Gasteiger partial charge < -0.3 is 10.4 Å². The van der Waals surface area contributed by atoms with Crippen molar-refractivity contribution in [3.8, 4) is 0 Å². The van der Waals surface area contributed by atoms with E-state index in [1.807, 2.05) is 0 Å². The number of anilines is 1. The molecule has 1 aromatic rings. The highest BCUT2D eigenvalue weighted by Gasteiger charge is 2.12. The molecule has 2 N–H and O–H groups in total. The number of aromatic nitrogens is 2. The fraction of sp³-hybridized carbons (Fsp3) is 0.692. The number of nitrogens with zero attached hydrogens (tertiary/aromatic N) is 2. The van der Waals surface area contributed by atoms with Gasteiger partial charge in [0.05, 0.1) is 0 Å². The van der Waals surface area contributed by atoms with Gasteiger partial charge in [0.15, 0.2) is 0 Å². The van der Waals surface area contributed by atoms with Crippen molar-refractivity contribution < 1.29 is 5.11 Å². The number of rotatable bonds is 8. The molecule has 1 aromatic heterocycles. The summed E-state index contributed by atoms with van der Waals surface area (Å²) in [6.07, 6.45) is 5.63. The maximum Gasteiger partial charge on any atom is 0.138 e. The summed E-state index contributed by atoms with van der Waals surface area (Å²) < 4.78 is 0. The Morgan fingerprint density at radius 1 is 1.22 bits per heavy atom. The van der Waals surface area contributed by atoms with Gasteiger partial charge in [-0.1, -0.05) is 38.3 Å². The molecule has 0 bridgehead atoms. The first-order chi connectivity index (χ1) is 8.66. The average molecular weight is 272 g/mol. The molecule has 0 aliphatic carbocycles. The second kappa shape index (κ2) is 8.27. The molecule has 0 fully saturated rings. The van der Waals surface area contributed by atoms with E-state index in [1.165, 1.54) is 6.33 Å². The first-order valence-corrected chi connectivity index (χ1v) is 6.89. The molecule has 0 aliphatic rings. The van der Waals surface area contributed by atoms with Gasteiger partial charge in [-0.3, -0.25) is 0 Å². The van der Waals surface area contributed by atoms with E-state index in [0.717, 1.165) is 43.6 Å². The molecule has 0 saturated carbocycles. The summed E-state index contributed by atoms with van der Waals surface area (Å²) in [5.41, 5.74) is 0.981. The molecule has 0 saturated heterocycles. The van der Waals surface area contributed by atoms with Crippen LogP contribution in [0.15, 0.2) is 6.33 Å². The molecule has 1 heterocycles. The molecule has 0 spiro atoms. The molecule has 4 nitrogen and oxygen atoms in total. The summed E-state index contributed by atoms with van der Waals surface area (Å²) in [4.78, 5) is 8.26. The maximum atomic E-state index is 8.68. The molecule has 0 amide bonds. The van der Waals surface area contributed by atoms with Gasteiger partial charge in [0.2, 0.25) is 0 Å². The number of nitrogens with one attached hydrogen (secondary N) is 1. The van der Waals surface area contributed by atoms with Crippen molar-refractivity contribution in [2.75, 3.05) is 18.5 Å². The lowest BCUT2D eigenvalue weighted by atomic mass is 10.1. The third-order valence-corrected chi connectivity index (χ3v) is 3.09. The highest BCUT2D eigenvalue weighted by atomic mass is 35.5. The monoisotopic (exact) mass is 271 g/mol. The lowest BCUT2D eigenvalue weighted by Crippen LogP contribution is -2.08. The summed E-state index contributed by atoms with van der Waals surface area (Å²) in [5, 5.41) is 12.5. The van der Waals surface area contributed by atoms with E-state index in [-0.39, 0.29) is 6.61 Å². The standard InChI is InChI=1S/C13H22ClN3O/c1-10(2)11-12(14)16-9-17-13(11)15-7-5-3-4-6-8-18/h9-10,18H,3-8H2,1-2H3,(H,15,16,17). The Kier molecular flexibility index (Phi) is 6.98. The summed E-state index contributed by atoms with van der Waals surface area (Å²) in [7, 11) is 0. The molecule has 0 atom stereocenters. The van der Waals surface area contributed by atoms with Crippen LogP contribution in [0.1, 0.15) is 51.0 Å². The Bertz CT molecular complexity index is 358. The van der Waals surface area contributed by atoms with Gasteiger partial charge in [0.1, 0.15) is 17.3 Å². The minimum Gasteiger partial charge on any atom is -0.396 e. The number of unbranched alkanes of at least 4 members (excludes halogenated alkanes) is 3. The SMILES string of the molecule is CC(C)c1c(Cl)ncnc1NCCCCCCO. The highest BCUT2D eigenvalue weighted by Crippen LogP contribution is 2.27. The largest absolute Gasteiger partial charge is 0.396 e. The number of hydrogen-bond donors (Lipinski definition) is 2. The molecule has 0 aliphatic heterocycles. The van der Waals surface area contributed by atoms with Crippen LogP contribution in [0.4, 0.5) is 5.82 Å². The lowest BCUT2D eigenvalue weighted by Gasteiger charge is -2.14. The van der Waals surface area contributed by atoms with Crippen molar-refractivity contribution in [2.24, 2.45) is 0 Å². The van der Waals surface area contributed by atoms with Gasteiger partial charge in [0.25, 0.3) is 0 Å². The summed E-state index contributed by atoms with van der Waals surface area (Å²) >= 11 is 6.09. The molecule has 5 heteroatoms. The predicted octanol–water partition coefficient (Wildman–Crippen LogP) is 3.22. The fourth-order valence-corrected chi connectivity index (χ4v) is 2.18. The van der Waals surface area contributed by atoms with Crippen LogP contribution in [0.3, 0.4) is 0 Å². The van der Waals surface area contributed by atoms with Crippen molar-refractivity contribution in [1.29, 1.82) is 0 Å². The summed E-state index contributed by atoms with van der Waals surface area (Å²) in [5.74, 6) is 1.14. The maximum absolute atomic E-state index is 8.68. The molecule has 102 valence electrons. The van der Waals surface area contributed by atoms with Gasteiger partial charge in [0, 0.05) is 18.7 Å². The Hall–Kier alpha value is -0.870. The minimum absolute atomic E-state index is 0.284. The van der Waals surface area contributed by atoms with Crippen LogP contribution in [-0.2, 0) is 0 Å². The van der Waals surface area contributed by atoms with Crippen molar-refractivity contribution in [3.63, 3.8) is 0 Å². The highest BCUT2D eigenvalue weighted by molar-refractivity contribution is 6.30. The van der Waals surface area contributed by atoms with Gasteiger partial charge in [-0.25, -0.2) is 9.97 Å². The second-order valence-electron chi connectivity index (χ2n) is 4.65. The Labute approximate surface area is 114 Å². The van der Waals surface area contributed by atoms with E-state index >= 15 is 0 Å². The molecular formula is C13H22ClN3O. The fourth-order valence-electron chi connectivity index (χ4n) is 1.82. The van der Waals surface area contributed by atoms with Crippen LogP contribution in [0.5, 0.6) is 0 Å². The zero-order valence-corrected chi connectivity index (χ0v) is 11.9. The number of aliphatic hydroxyl groups excluding tert-OH is 1. The first-order valence-electron chi connectivity index (χ1n) is 6.52. The van der Waals surface area contributed by atoms with E-state index in [0.29, 0.717) is 11.1 Å². The number of aliphatic hydroxyl groups is 1. The van der Waals surface area contributed by atoms with Gasteiger partial charge in [-0.2, -0.15) is 0 Å². The van der Waals surface area contributed by atoms with E-state index in [4.69, 9.17) is 16.7 Å². The Balaban J connectivity index is 2.44. The van der Waals surface area contributed by atoms with Crippen molar-refractivity contribution >= 4 is 17.4 Å². The molecule has 0 radical (unpaired) electrons. The third-order valence-electron chi connectivity index (χ3n) is 2.79. The molecule has 1 rings (SSSR count). The summed E-state index contributed by atoms with van der Waals surface area (Å²) in [6.45, 7) is 5.32. The van der Waals surface area contributed by atoms with Gasteiger partial charge >= 0.3 is 0 Å². The first kappa shape index (κ1) is 15.2. The molecule has 0 aromatic carbocycles. The van der Waals surface area contributed by atoms with Gasteiger partial charge in [-0.15, -0.1) is 0 Å². The van der Waals surface area contributed by atoms with E-state index in [9.17, 15) is 0 Å². The van der Waals surface area contributed by atoms with Crippen molar-refractivity contribution in [2.45, 2.75) is 45.4 Å².